The van der Waals surface area contributed by atoms with Crippen molar-refractivity contribution in [2.45, 2.75) is 19.9 Å². The Bertz CT molecular complexity index is 214. The molecule has 68 valence electrons. The first-order valence-electron chi connectivity index (χ1n) is 3.83. The zero-order chi connectivity index (χ0) is 8.97. The van der Waals surface area contributed by atoms with Crippen LogP contribution >= 0.6 is 23.1 Å². The summed E-state index contributed by atoms with van der Waals surface area (Å²) in [4.78, 5) is 4.03. The fourth-order valence-electron chi connectivity index (χ4n) is 0.707. The minimum Gasteiger partial charge on any atom is -0.358 e. The molecule has 0 amide bonds. The van der Waals surface area contributed by atoms with E-state index in [1.54, 1.807) is 6.33 Å². The van der Waals surface area contributed by atoms with Gasteiger partial charge < -0.3 is 5.32 Å². The molecule has 0 aliphatic rings. The average Bonchev–Trinajstić information content (AvgIpc) is 2.55. The Morgan fingerprint density at radius 1 is 1.67 bits per heavy atom. The van der Waals surface area contributed by atoms with Gasteiger partial charge in [0, 0.05) is 23.5 Å². The molecule has 0 saturated carbocycles. The Morgan fingerprint density at radius 3 is 2.92 bits per heavy atom. The monoisotopic (exact) mass is 205 g/mol. The van der Waals surface area contributed by atoms with Gasteiger partial charge in [-0.05, 0) is 12.8 Å². The molecule has 0 aliphatic heterocycles. The number of nitrogens with one attached hydrogen (secondary N) is 1. The molecule has 12 heavy (non-hydrogen) atoms. The molecule has 5 heteroatoms. The zero-order valence-corrected chi connectivity index (χ0v) is 8.69. The first-order valence-corrected chi connectivity index (χ1v) is 5.14. The Labute approximate surface area is 81.3 Å². The third kappa shape index (κ3) is 2.60. The molecule has 1 heterocycles. The Hall–Kier alpha value is -0.350. The smallest absolute Gasteiger partial charge is 0.202 e. The maximum absolute atomic E-state index is 5.71. The highest BCUT2D eigenvalue weighted by atomic mass is 35.5. The second-order valence-electron chi connectivity index (χ2n) is 2.81. The van der Waals surface area contributed by atoms with Gasteiger partial charge in [0.25, 0.3) is 0 Å². The topological polar surface area (TPSA) is 37.8 Å². The van der Waals surface area contributed by atoms with Gasteiger partial charge in [-0.15, -0.1) is 11.6 Å². The van der Waals surface area contributed by atoms with E-state index in [1.807, 2.05) is 0 Å². The van der Waals surface area contributed by atoms with Gasteiger partial charge in [0.05, 0.1) is 0 Å². The number of alkyl halides is 1. The highest BCUT2D eigenvalue weighted by molar-refractivity contribution is 7.09. The normalized spacial score (nSPS) is 15.6. The third-order valence-electron chi connectivity index (χ3n) is 1.81. The summed E-state index contributed by atoms with van der Waals surface area (Å²) in [5, 5.41) is 4.09. The summed E-state index contributed by atoms with van der Waals surface area (Å²) in [5.74, 6) is 1.10. The molecule has 1 aromatic rings. The molecule has 2 atom stereocenters. The van der Waals surface area contributed by atoms with Crippen LogP contribution in [0.2, 0.25) is 0 Å². The van der Waals surface area contributed by atoms with Crippen LogP contribution in [0.25, 0.3) is 0 Å². The number of rotatable bonds is 4. The van der Waals surface area contributed by atoms with Gasteiger partial charge in [0.1, 0.15) is 6.33 Å². The van der Waals surface area contributed by atoms with Crippen molar-refractivity contribution in [3.05, 3.63) is 6.33 Å². The number of hydrogen-bond donors (Lipinski definition) is 1. The predicted molar refractivity (Wildman–Crippen MR) is 52.9 cm³/mol. The van der Waals surface area contributed by atoms with Gasteiger partial charge in [-0.1, -0.05) is 6.92 Å². The fourth-order valence-corrected chi connectivity index (χ4v) is 1.50. The van der Waals surface area contributed by atoms with Crippen molar-refractivity contribution in [2.24, 2.45) is 5.92 Å². The number of halogens is 1. The number of anilines is 1. The van der Waals surface area contributed by atoms with Crippen LogP contribution < -0.4 is 5.32 Å². The van der Waals surface area contributed by atoms with Gasteiger partial charge >= 0.3 is 0 Å². The molecule has 0 aromatic carbocycles. The molecule has 0 fully saturated rings. The minimum absolute atomic E-state index is 0.343. The minimum atomic E-state index is 0.343. The van der Waals surface area contributed by atoms with Crippen molar-refractivity contribution in [3.63, 3.8) is 0 Å². The highest BCUT2D eigenvalue weighted by Crippen LogP contribution is 2.13. The maximum atomic E-state index is 5.71. The molecular weight excluding hydrogens is 194 g/mol. The van der Waals surface area contributed by atoms with E-state index in [-0.39, 0.29) is 0 Å². The number of nitrogens with zero attached hydrogens (tertiary/aromatic N) is 2. The molecule has 1 rings (SSSR count). The predicted octanol–water partition coefficient (Wildman–Crippen LogP) is 2.21. The van der Waals surface area contributed by atoms with Crippen LogP contribution in [-0.2, 0) is 0 Å². The van der Waals surface area contributed by atoms with Gasteiger partial charge in [0.2, 0.25) is 5.13 Å². The summed E-state index contributed by atoms with van der Waals surface area (Å²) in [7, 11) is 0. The quantitative estimate of drug-likeness (QED) is 0.766. The molecule has 0 aliphatic carbocycles. The molecule has 0 radical (unpaired) electrons. The van der Waals surface area contributed by atoms with Crippen molar-refractivity contribution in [3.8, 4) is 0 Å². The van der Waals surface area contributed by atoms with Crippen LogP contribution in [0, 0.1) is 5.92 Å². The second kappa shape index (κ2) is 4.62. The summed E-state index contributed by atoms with van der Waals surface area (Å²) >= 11 is 7.08. The largest absolute Gasteiger partial charge is 0.358 e. The van der Waals surface area contributed by atoms with Crippen LogP contribution in [0.5, 0.6) is 0 Å². The van der Waals surface area contributed by atoms with Crippen LogP contribution in [0.4, 0.5) is 5.13 Å². The zero-order valence-electron chi connectivity index (χ0n) is 7.12. The van der Waals surface area contributed by atoms with Gasteiger partial charge in [-0.2, -0.15) is 4.37 Å². The lowest BCUT2D eigenvalue weighted by molar-refractivity contribution is 0.565. The SMILES string of the molecule is CC(CCl)C(C)Nc1ncns1. The summed E-state index contributed by atoms with van der Waals surface area (Å²) < 4.78 is 3.90. The van der Waals surface area contributed by atoms with E-state index in [0.29, 0.717) is 17.8 Å². The molecule has 0 saturated heterocycles. The molecule has 3 nitrogen and oxygen atoms in total. The average molecular weight is 206 g/mol. The molecule has 1 aromatic heterocycles. The van der Waals surface area contributed by atoms with Crippen LogP contribution in [0.1, 0.15) is 13.8 Å². The van der Waals surface area contributed by atoms with Gasteiger partial charge in [-0.3, -0.25) is 0 Å². The lowest BCUT2D eigenvalue weighted by atomic mass is 10.1. The van der Waals surface area contributed by atoms with E-state index in [2.05, 4.69) is 28.5 Å². The van der Waals surface area contributed by atoms with Crippen LogP contribution in [0.3, 0.4) is 0 Å². The number of aromatic nitrogens is 2. The highest BCUT2D eigenvalue weighted by Gasteiger charge is 2.11. The lowest BCUT2D eigenvalue weighted by Crippen LogP contribution is -2.24. The van der Waals surface area contributed by atoms with Crippen LogP contribution in [0.15, 0.2) is 6.33 Å². The Morgan fingerprint density at radius 2 is 2.42 bits per heavy atom. The first-order chi connectivity index (χ1) is 5.74. The Kier molecular flexibility index (Phi) is 3.75. The molecule has 1 N–H and O–H groups in total. The van der Waals surface area contributed by atoms with Crippen molar-refractivity contribution in [1.29, 1.82) is 0 Å². The van der Waals surface area contributed by atoms with E-state index >= 15 is 0 Å². The van der Waals surface area contributed by atoms with Gasteiger partial charge in [0.15, 0.2) is 0 Å². The fraction of sp³-hybridized carbons (Fsp3) is 0.714. The molecule has 0 bridgehead atoms. The van der Waals surface area contributed by atoms with Crippen molar-refractivity contribution in [1.82, 2.24) is 9.36 Å². The summed E-state index contributed by atoms with van der Waals surface area (Å²) in [5.41, 5.74) is 0. The lowest BCUT2D eigenvalue weighted by Gasteiger charge is -2.17. The number of hydrogen-bond acceptors (Lipinski definition) is 4. The second-order valence-corrected chi connectivity index (χ2v) is 3.90. The standard InChI is InChI=1S/C7H12ClN3S/c1-5(3-8)6(2)11-7-9-4-10-12-7/h4-6H,3H2,1-2H3,(H,9,10,11). The van der Waals surface area contributed by atoms with Crippen molar-refractivity contribution < 1.29 is 0 Å². The van der Waals surface area contributed by atoms with Crippen LogP contribution in [-0.4, -0.2) is 21.3 Å². The Balaban J connectivity index is 2.41. The summed E-state index contributed by atoms with van der Waals surface area (Å²) in [6, 6.07) is 0.343. The molecular formula is C7H12ClN3S. The first kappa shape index (κ1) is 9.74. The van der Waals surface area contributed by atoms with E-state index in [4.69, 9.17) is 11.6 Å². The van der Waals surface area contributed by atoms with Crippen molar-refractivity contribution >= 4 is 28.3 Å². The van der Waals surface area contributed by atoms with E-state index in [0.717, 1.165) is 5.13 Å². The van der Waals surface area contributed by atoms with Gasteiger partial charge in [-0.25, -0.2) is 4.98 Å². The third-order valence-corrected chi connectivity index (χ3v) is 2.89. The van der Waals surface area contributed by atoms with E-state index in [9.17, 15) is 0 Å². The van der Waals surface area contributed by atoms with E-state index in [1.165, 1.54) is 11.5 Å². The van der Waals surface area contributed by atoms with E-state index < -0.39 is 0 Å². The molecule has 2 unspecified atom stereocenters. The molecule has 0 spiro atoms. The summed E-state index contributed by atoms with van der Waals surface area (Å²) in [6.07, 6.45) is 1.55. The maximum Gasteiger partial charge on any atom is 0.202 e. The summed E-state index contributed by atoms with van der Waals surface area (Å²) in [6.45, 7) is 4.19. The van der Waals surface area contributed by atoms with Crippen molar-refractivity contribution in [2.75, 3.05) is 11.2 Å².